The largest absolute Gasteiger partial charge is 0.388 e. The zero-order valence-corrected chi connectivity index (χ0v) is 12.2. The highest BCUT2D eigenvalue weighted by molar-refractivity contribution is 7.98. The van der Waals surface area contributed by atoms with Gasteiger partial charge in [-0.05, 0) is 30.4 Å². The van der Waals surface area contributed by atoms with Gasteiger partial charge in [-0.25, -0.2) is 0 Å². The van der Waals surface area contributed by atoms with E-state index in [1.165, 1.54) is 4.90 Å². The number of ketones is 1. The third-order valence-corrected chi connectivity index (χ3v) is 4.38. The molecule has 0 spiro atoms. The number of benzene rings is 1. The van der Waals surface area contributed by atoms with Crippen LogP contribution in [0.4, 0.5) is 0 Å². The summed E-state index contributed by atoms with van der Waals surface area (Å²) in [4.78, 5) is 14.6. The van der Waals surface area contributed by atoms with Crippen molar-refractivity contribution in [1.82, 2.24) is 4.90 Å². The molecule has 1 aromatic rings. The van der Waals surface area contributed by atoms with E-state index in [-0.39, 0.29) is 0 Å². The molecule has 1 N–H and O–H groups in total. The summed E-state index contributed by atoms with van der Waals surface area (Å²) >= 11 is 1.70. The van der Waals surface area contributed by atoms with Gasteiger partial charge in [-0.3, -0.25) is 4.79 Å². The Kier molecular flexibility index (Phi) is 5.43. The Balaban J connectivity index is 1.80. The van der Waals surface area contributed by atoms with Crippen LogP contribution in [-0.4, -0.2) is 41.7 Å². The van der Waals surface area contributed by atoms with Crippen molar-refractivity contribution in [2.45, 2.75) is 30.3 Å². The molecule has 0 amide bonds. The van der Waals surface area contributed by atoms with Crippen molar-refractivity contribution in [1.29, 1.82) is 0 Å². The summed E-state index contributed by atoms with van der Waals surface area (Å²) in [5.74, 6) is 0.365. The van der Waals surface area contributed by atoms with Gasteiger partial charge in [-0.15, -0.1) is 11.8 Å². The van der Waals surface area contributed by atoms with E-state index >= 15 is 0 Å². The van der Waals surface area contributed by atoms with Gasteiger partial charge in [0.25, 0.3) is 0 Å². The van der Waals surface area contributed by atoms with E-state index in [4.69, 9.17) is 0 Å². The maximum absolute atomic E-state index is 11.2. The van der Waals surface area contributed by atoms with Crippen LogP contribution in [0.1, 0.15) is 30.9 Å². The van der Waals surface area contributed by atoms with Crippen molar-refractivity contribution >= 4 is 17.5 Å². The van der Waals surface area contributed by atoms with Crippen LogP contribution in [0.25, 0.3) is 0 Å². The predicted molar refractivity (Wildman–Crippen MR) is 78.5 cm³/mol. The molecule has 0 saturated carbocycles. The number of nitrogens with zero attached hydrogens (tertiary/aromatic N) is 1. The standard InChI is InChI=1S/C15H21NO2S/c1-19-14-4-2-12(3-5-14)15(18)8-11-16-9-6-13(17)7-10-16/h2-5,15,18H,6-11H2,1H3. The molecule has 1 unspecified atom stereocenters. The quantitative estimate of drug-likeness (QED) is 0.841. The number of hydrogen-bond acceptors (Lipinski definition) is 4. The van der Waals surface area contributed by atoms with Gasteiger partial charge in [-0.1, -0.05) is 12.1 Å². The third-order valence-electron chi connectivity index (χ3n) is 3.63. The Hall–Kier alpha value is -0.840. The van der Waals surface area contributed by atoms with Crippen molar-refractivity contribution < 1.29 is 9.90 Å². The second-order valence-electron chi connectivity index (χ2n) is 4.96. The minimum absolute atomic E-state index is 0.365. The number of aliphatic hydroxyl groups excluding tert-OH is 1. The van der Waals surface area contributed by atoms with Crippen LogP contribution in [0, 0.1) is 0 Å². The molecule has 0 radical (unpaired) electrons. The van der Waals surface area contributed by atoms with Crippen LogP contribution in [0.2, 0.25) is 0 Å². The molecule has 1 aliphatic heterocycles. The van der Waals surface area contributed by atoms with Crippen LogP contribution in [0.15, 0.2) is 29.2 Å². The first-order chi connectivity index (χ1) is 9.19. The molecule has 1 aliphatic rings. The zero-order chi connectivity index (χ0) is 13.7. The Morgan fingerprint density at radius 2 is 1.89 bits per heavy atom. The van der Waals surface area contributed by atoms with Crippen LogP contribution in [0.5, 0.6) is 0 Å². The Morgan fingerprint density at radius 1 is 1.26 bits per heavy atom. The van der Waals surface area contributed by atoms with Crippen LogP contribution < -0.4 is 0 Å². The monoisotopic (exact) mass is 279 g/mol. The first-order valence-electron chi connectivity index (χ1n) is 6.75. The van der Waals surface area contributed by atoms with Crippen molar-refractivity contribution in [3.8, 4) is 0 Å². The van der Waals surface area contributed by atoms with E-state index in [2.05, 4.69) is 4.90 Å². The second-order valence-corrected chi connectivity index (χ2v) is 5.84. The van der Waals surface area contributed by atoms with Crippen LogP contribution in [-0.2, 0) is 4.79 Å². The Morgan fingerprint density at radius 3 is 2.47 bits per heavy atom. The zero-order valence-electron chi connectivity index (χ0n) is 11.3. The van der Waals surface area contributed by atoms with E-state index in [9.17, 15) is 9.90 Å². The van der Waals surface area contributed by atoms with Crippen LogP contribution in [0.3, 0.4) is 0 Å². The van der Waals surface area contributed by atoms with E-state index in [0.717, 1.165) is 31.6 Å². The smallest absolute Gasteiger partial charge is 0.135 e. The van der Waals surface area contributed by atoms with Gasteiger partial charge in [0.05, 0.1) is 6.10 Å². The number of rotatable bonds is 5. The summed E-state index contributed by atoms with van der Waals surface area (Å²) in [5.41, 5.74) is 0.978. The molecule has 1 atom stereocenters. The molecular formula is C15H21NO2S. The van der Waals surface area contributed by atoms with Gasteiger partial charge in [0, 0.05) is 37.4 Å². The molecule has 104 valence electrons. The normalized spacial score (nSPS) is 18.5. The fourth-order valence-corrected chi connectivity index (χ4v) is 2.73. The summed E-state index contributed by atoms with van der Waals surface area (Å²) in [7, 11) is 0. The molecular weight excluding hydrogens is 258 g/mol. The molecule has 3 nitrogen and oxygen atoms in total. The molecule has 0 bridgehead atoms. The highest BCUT2D eigenvalue weighted by Gasteiger charge is 2.17. The number of aliphatic hydroxyl groups is 1. The molecule has 1 fully saturated rings. The average molecular weight is 279 g/mol. The minimum Gasteiger partial charge on any atom is -0.388 e. The lowest BCUT2D eigenvalue weighted by Gasteiger charge is -2.26. The number of thioether (sulfide) groups is 1. The number of hydrogen-bond donors (Lipinski definition) is 1. The lowest BCUT2D eigenvalue weighted by molar-refractivity contribution is -0.121. The first kappa shape index (κ1) is 14.6. The fraction of sp³-hybridized carbons (Fsp3) is 0.533. The molecule has 0 aliphatic carbocycles. The maximum Gasteiger partial charge on any atom is 0.135 e. The van der Waals surface area contributed by atoms with Gasteiger partial charge in [0.15, 0.2) is 0 Å². The summed E-state index contributed by atoms with van der Waals surface area (Å²) in [6.07, 6.45) is 3.70. The van der Waals surface area contributed by atoms with Gasteiger partial charge in [0.1, 0.15) is 5.78 Å². The summed E-state index contributed by atoms with van der Waals surface area (Å²) in [5, 5.41) is 10.2. The molecule has 4 heteroatoms. The first-order valence-corrected chi connectivity index (χ1v) is 7.97. The molecule has 1 aromatic carbocycles. The second kappa shape index (κ2) is 7.08. The lowest BCUT2D eigenvalue weighted by Crippen LogP contribution is -2.35. The number of carbonyl (C=O) groups is 1. The summed E-state index contributed by atoms with van der Waals surface area (Å²) in [6, 6.07) is 8.08. The summed E-state index contributed by atoms with van der Waals surface area (Å²) < 4.78 is 0. The van der Waals surface area contributed by atoms with E-state index in [1.807, 2.05) is 30.5 Å². The third kappa shape index (κ3) is 4.34. The van der Waals surface area contributed by atoms with Gasteiger partial charge in [-0.2, -0.15) is 0 Å². The number of carbonyl (C=O) groups excluding carboxylic acids is 1. The Labute approximate surface area is 119 Å². The highest BCUT2D eigenvalue weighted by Crippen LogP contribution is 2.21. The fourth-order valence-electron chi connectivity index (χ4n) is 2.32. The SMILES string of the molecule is CSc1ccc(C(O)CCN2CCC(=O)CC2)cc1. The maximum atomic E-state index is 11.2. The molecule has 0 aromatic heterocycles. The average Bonchev–Trinajstić information content (AvgIpc) is 2.46. The van der Waals surface area contributed by atoms with Crippen molar-refractivity contribution in [3.63, 3.8) is 0 Å². The van der Waals surface area contributed by atoms with Gasteiger partial charge < -0.3 is 10.0 Å². The highest BCUT2D eigenvalue weighted by atomic mass is 32.2. The summed E-state index contributed by atoms with van der Waals surface area (Å²) in [6.45, 7) is 2.55. The molecule has 19 heavy (non-hydrogen) atoms. The van der Waals surface area contributed by atoms with Crippen LogP contribution >= 0.6 is 11.8 Å². The Bertz CT molecular complexity index is 409. The van der Waals surface area contributed by atoms with Crippen molar-refractivity contribution in [3.05, 3.63) is 29.8 Å². The van der Waals surface area contributed by atoms with Gasteiger partial charge >= 0.3 is 0 Å². The van der Waals surface area contributed by atoms with E-state index in [1.54, 1.807) is 11.8 Å². The molecule has 2 rings (SSSR count). The van der Waals surface area contributed by atoms with Gasteiger partial charge in [0.2, 0.25) is 0 Å². The number of likely N-dealkylation sites (tertiary alicyclic amines) is 1. The lowest BCUT2D eigenvalue weighted by atomic mass is 10.1. The predicted octanol–water partition coefficient (Wildman–Crippen LogP) is 2.50. The van der Waals surface area contributed by atoms with Crippen molar-refractivity contribution in [2.75, 3.05) is 25.9 Å². The number of piperidine rings is 1. The van der Waals surface area contributed by atoms with E-state index < -0.39 is 6.10 Å². The molecule has 1 heterocycles. The molecule has 1 saturated heterocycles. The minimum atomic E-state index is -0.409. The topological polar surface area (TPSA) is 40.5 Å². The van der Waals surface area contributed by atoms with Crippen molar-refractivity contribution in [2.24, 2.45) is 0 Å². The number of Topliss-reactive ketones (excluding diaryl/α,β-unsaturated/α-hetero) is 1. The van der Waals surface area contributed by atoms with E-state index in [0.29, 0.717) is 18.6 Å².